The van der Waals surface area contributed by atoms with E-state index in [1.807, 2.05) is 48.5 Å². The van der Waals surface area contributed by atoms with Crippen molar-refractivity contribution in [3.05, 3.63) is 64.1 Å². The molecular formula is C15H14BrNO. The number of carbonyl (C=O) groups excluding carboxylic acids is 1. The predicted molar refractivity (Wildman–Crippen MR) is 77.9 cm³/mol. The standard InChI is InChI=1S/C15H14BrNO/c1-2-11-3-5-12(6-4-11)15(18)17-14-9-7-13(16)8-10-14/h3-10H,2H2,1H3,(H,17,18). The minimum absolute atomic E-state index is 0.0834. The van der Waals surface area contributed by atoms with Gasteiger partial charge < -0.3 is 5.32 Å². The second kappa shape index (κ2) is 5.83. The normalized spacial score (nSPS) is 10.1. The monoisotopic (exact) mass is 303 g/mol. The summed E-state index contributed by atoms with van der Waals surface area (Å²) in [6, 6.07) is 15.2. The molecule has 0 saturated heterocycles. The number of rotatable bonds is 3. The van der Waals surface area contributed by atoms with E-state index >= 15 is 0 Å². The Morgan fingerprint density at radius 3 is 2.22 bits per heavy atom. The number of halogens is 1. The van der Waals surface area contributed by atoms with E-state index in [4.69, 9.17) is 0 Å². The Hall–Kier alpha value is -1.61. The highest BCUT2D eigenvalue weighted by Gasteiger charge is 2.05. The van der Waals surface area contributed by atoms with E-state index in [2.05, 4.69) is 28.2 Å². The number of carbonyl (C=O) groups is 1. The molecule has 0 saturated carbocycles. The minimum Gasteiger partial charge on any atom is -0.322 e. The average Bonchev–Trinajstić information content (AvgIpc) is 2.41. The molecule has 0 spiro atoms. The van der Waals surface area contributed by atoms with Crippen LogP contribution in [0.25, 0.3) is 0 Å². The summed E-state index contributed by atoms with van der Waals surface area (Å²) in [4.78, 5) is 12.0. The van der Waals surface area contributed by atoms with Gasteiger partial charge in [0.25, 0.3) is 5.91 Å². The molecule has 0 aromatic heterocycles. The number of anilines is 1. The van der Waals surface area contributed by atoms with Crippen molar-refractivity contribution in [2.75, 3.05) is 5.32 Å². The zero-order valence-electron chi connectivity index (χ0n) is 10.1. The first-order chi connectivity index (χ1) is 8.69. The average molecular weight is 304 g/mol. The van der Waals surface area contributed by atoms with Gasteiger partial charge in [-0.1, -0.05) is 35.0 Å². The van der Waals surface area contributed by atoms with Gasteiger partial charge in [-0.3, -0.25) is 4.79 Å². The second-order valence-electron chi connectivity index (χ2n) is 4.01. The lowest BCUT2D eigenvalue weighted by atomic mass is 10.1. The number of hydrogen-bond acceptors (Lipinski definition) is 1. The molecular weight excluding hydrogens is 290 g/mol. The smallest absolute Gasteiger partial charge is 0.255 e. The van der Waals surface area contributed by atoms with Crippen LogP contribution in [0.15, 0.2) is 53.0 Å². The summed E-state index contributed by atoms with van der Waals surface area (Å²) in [6.45, 7) is 2.09. The highest BCUT2D eigenvalue weighted by atomic mass is 79.9. The highest BCUT2D eigenvalue weighted by Crippen LogP contribution is 2.15. The Bertz CT molecular complexity index is 531. The van der Waals surface area contributed by atoms with E-state index in [0.717, 1.165) is 16.6 Å². The third-order valence-electron chi connectivity index (χ3n) is 2.73. The Morgan fingerprint density at radius 2 is 1.67 bits per heavy atom. The van der Waals surface area contributed by atoms with Gasteiger partial charge in [0.2, 0.25) is 0 Å². The molecule has 2 nitrogen and oxygen atoms in total. The van der Waals surface area contributed by atoms with Crippen LogP contribution in [-0.4, -0.2) is 5.91 Å². The maximum absolute atomic E-state index is 12.0. The Morgan fingerprint density at radius 1 is 1.06 bits per heavy atom. The third-order valence-corrected chi connectivity index (χ3v) is 3.26. The van der Waals surface area contributed by atoms with Gasteiger partial charge in [-0.05, 0) is 48.4 Å². The molecule has 3 heteroatoms. The molecule has 0 aliphatic rings. The molecule has 0 aliphatic carbocycles. The van der Waals surface area contributed by atoms with Crippen LogP contribution in [0.1, 0.15) is 22.8 Å². The minimum atomic E-state index is -0.0834. The lowest BCUT2D eigenvalue weighted by Gasteiger charge is -2.06. The van der Waals surface area contributed by atoms with Crippen LogP contribution in [0, 0.1) is 0 Å². The van der Waals surface area contributed by atoms with Crippen LogP contribution in [-0.2, 0) is 6.42 Å². The number of hydrogen-bond donors (Lipinski definition) is 1. The first-order valence-electron chi connectivity index (χ1n) is 5.85. The van der Waals surface area contributed by atoms with Gasteiger partial charge in [0.05, 0.1) is 0 Å². The molecule has 0 unspecified atom stereocenters. The fraction of sp³-hybridized carbons (Fsp3) is 0.133. The molecule has 0 atom stereocenters. The lowest BCUT2D eigenvalue weighted by molar-refractivity contribution is 0.102. The highest BCUT2D eigenvalue weighted by molar-refractivity contribution is 9.10. The van der Waals surface area contributed by atoms with Gasteiger partial charge in [0.1, 0.15) is 0 Å². The van der Waals surface area contributed by atoms with Gasteiger partial charge in [0, 0.05) is 15.7 Å². The van der Waals surface area contributed by atoms with Crippen molar-refractivity contribution >= 4 is 27.5 Å². The Kier molecular flexibility index (Phi) is 4.15. The number of nitrogens with one attached hydrogen (secondary N) is 1. The molecule has 2 aromatic carbocycles. The van der Waals surface area contributed by atoms with E-state index in [-0.39, 0.29) is 5.91 Å². The van der Waals surface area contributed by atoms with Crippen molar-refractivity contribution < 1.29 is 4.79 Å². The molecule has 1 N–H and O–H groups in total. The maximum Gasteiger partial charge on any atom is 0.255 e. The third kappa shape index (κ3) is 3.20. The van der Waals surface area contributed by atoms with Crippen molar-refractivity contribution in [3.8, 4) is 0 Å². The van der Waals surface area contributed by atoms with Crippen molar-refractivity contribution in [2.24, 2.45) is 0 Å². The lowest BCUT2D eigenvalue weighted by Crippen LogP contribution is -2.11. The van der Waals surface area contributed by atoms with Crippen LogP contribution >= 0.6 is 15.9 Å². The van der Waals surface area contributed by atoms with Crippen LogP contribution in [0.5, 0.6) is 0 Å². The SMILES string of the molecule is CCc1ccc(C(=O)Nc2ccc(Br)cc2)cc1. The fourth-order valence-corrected chi connectivity index (χ4v) is 1.89. The van der Waals surface area contributed by atoms with E-state index in [0.29, 0.717) is 5.56 Å². The zero-order chi connectivity index (χ0) is 13.0. The summed E-state index contributed by atoms with van der Waals surface area (Å²) in [5, 5.41) is 2.86. The molecule has 92 valence electrons. The van der Waals surface area contributed by atoms with Crippen molar-refractivity contribution in [3.63, 3.8) is 0 Å². The van der Waals surface area contributed by atoms with Crippen LogP contribution in [0.4, 0.5) is 5.69 Å². The van der Waals surface area contributed by atoms with Crippen molar-refractivity contribution in [2.45, 2.75) is 13.3 Å². The molecule has 2 aromatic rings. The van der Waals surface area contributed by atoms with Crippen LogP contribution in [0.2, 0.25) is 0 Å². The topological polar surface area (TPSA) is 29.1 Å². The van der Waals surface area contributed by atoms with Gasteiger partial charge in [-0.2, -0.15) is 0 Å². The molecule has 0 fully saturated rings. The van der Waals surface area contributed by atoms with Gasteiger partial charge >= 0.3 is 0 Å². The van der Waals surface area contributed by atoms with Gasteiger partial charge in [0.15, 0.2) is 0 Å². The van der Waals surface area contributed by atoms with Gasteiger partial charge in [-0.25, -0.2) is 0 Å². The largest absolute Gasteiger partial charge is 0.322 e. The quantitative estimate of drug-likeness (QED) is 0.901. The zero-order valence-corrected chi connectivity index (χ0v) is 11.7. The van der Waals surface area contributed by atoms with Crippen LogP contribution < -0.4 is 5.32 Å². The molecule has 0 heterocycles. The summed E-state index contributed by atoms with van der Waals surface area (Å²) in [5.41, 5.74) is 2.70. The van der Waals surface area contributed by atoms with Crippen molar-refractivity contribution in [1.29, 1.82) is 0 Å². The Balaban J connectivity index is 2.09. The summed E-state index contributed by atoms with van der Waals surface area (Å²) >= 11 is 3.36. The molecule has 2 rings (SSSR count). The Labute approximate surface area is 115 Å². The number of benzene rings is 2. The molecule has 18 heavy (non-hydrogen) atoms. The summed E-state index contributed by atoms with van der Waals surface area (Å²) in [7, 11) is 0. The summed E-state index contributed by atoms with van der Waals surface area (Å²) in [6.07, 6.45) is 0.981. The molecule has 0 aliphatic heterocycles. The molecule has 0 radical (unpaired) electrons. The second-order valence-corrected chi connectivity index (χ2v) is 4.93. The van der Waals surface area contributed by atoms with E-state index in [1.165, 1.54) is 5.56 Å². The fourth-order valence-electron chi connectivity index (χ4n) is 1.63. The summed E-state index contributed by atoms with van der Waals surface area (Å²) < 4.78 is 0.993. The number of amides is 1. The predicted octanol–water partition coefficient (Wildman–Crippen LogP) is 4.26. The first-order valence-corrected chi connectivity index (χ1v) is 6.64. The molecule has 0 bridgehead atoms. The van der Waals surface area contributed by atoms with E-state index in [1.54, 1.807) is 0 Å². The van der Waals surface area contributed by atoms with Gasteiger partial charge in [-0.15, -0.1) is 0 Å². The van der Waals surface area contributed by atoms with E-state index < -0.39 is 0 Å². The first kappa shape index (κ1) is 12.8. The van der Waals surface area contributed by atoms with E-state index in [9.17, 15) is 4.79 Å². The summed E-state index contributed by atoms with van der Waals surface area (Å²) in [5.74, 6) is -0.0834. The molecule has 1 amide bonds. The maximum atomic E-state index is 12.0. The van der Waals surface area contributed by atoms with Crippen molar-refractivity contribution in [1.82, 2.24) is 0 Å². The van der Waals surface area contributed by atoms with Crippen LogP contribution in [0.3, 0.4) is 0 Å². The number of aryl methyl sites for hydroxylation is 1.